The first-order valence-corrected chi connectivity index (χ1v) is 9.68. The van der Waals surface area contributed by atoms with Crippen molar-refractivity contribution in [3.63, 3.8) is 0 Å². The minimum Gasteiger partial charge on any atom is -0.459 e. The molecule has 30 heavy (non-hydrogen) atoms. The van der Waals surface area contributed by atoms with Crippen LogP contribution in [0.5, 0.6) is 0 Å². The molecule has 1 aliphatic heterocycles. The van der Waals surface area contributed by atoms with E-state index in [1.165, 1.54) is 6.26 Å². The number of nitrogens with one attached hydrogen (secondary N) is 1. The molecule has 0 saturated carbocycles. The number of hydrogen-bond donors (Lipinski definition) is 1. The largest absolute Gasteiger partial charge is 0.459 e. The van der Waals surface area contributed by atoms with Crippen molar-refractivity contribution >= 4 is 17.5 Å². The van der Waals surface area contributed by atoms with Crippen molar-refractivity contribution in [2.24, 2.45) is 0 Å². The van der Waals surface area contributed by atoms with Gasteiger partial charge in [0.2, 0.25) is 5.91 Å². The maximum absolute atomic E-state index is 13.1. The van der Waals surface area contributed by atoms with Crippen LogP contribution in [-0.2, 0) is 24.3 Å². The molecule has 5 rings (SSSR count). The Morgan fingerprint density at radius 1 is 1.03 bits per heavy atom. The first-order valence-electron chi connectivity index (χ1n) is 9.68. The number of benzene rings is 1. The van der Waals surface area contributed by atoms with Crippen LogP contribution >= 0.6 is 0 Å². The van der Waals surface area contributed by atoms with Gasteiger partial charge in [0.1, 0.15) is 6.04 Å². The fourth-order valence-electron chi connectivity index (χ4n) is 3.81. The molecule has 4 heterocycles. The number of fused-ring (bicyclic) bond motifs is 2. The maximum atomic E-state index is 13.1. The van der Waals surface area contributed by atoms with E-state index in [0.717, 1.165) is 11.1 Å². The highest BCUT2D eigenvalue weighted by Crippen LogP contribution is 2.25. The van der Waals surface area contributed by atoms with Gasteiger partial charge < -0.3 is 14.6 Å². The van der Waals surface area contributed by atoms with Crippen LogP contribution in [0.15, 0.2) is 71.5 Å². The van der Waals surface area contributed by atoms with Gasteiger partial charge in [-0.2, -0.15) is 0 Å². The van der Waals surface area contributed by atoms with Crippen LogP contribution in [0, 0.1) is 0 Å². The summed E-state index contributed by atoms with van der Waals surface area (Å²) in [6, 6.07) is 16.1. The highest BCUT2D eigenvalue weighted by molar-refractivity contribution is 5.96. The molecule has 1 aliphatic rings. The van der Waals surface area contributed by atoms with Crippen molar-refractivity contribution in [1.29, 1.82) is 0 Å². The summed E-state index contributed by atoms with van der Waals surface area (Å²) < 4.78 is 7.11. The number of carbonyl (C=O) groups excluding carboxylic acids is 2. The Morgan fingerprint density at radius 2 is 1.87 bits per heavy atom. The van der Waals surface area contributed by atoms with Crippen LogP contribution in [0.4, 0.5) is 0 Å². The van der Waals surface area contributed by atoms with Crippen LogP contribution in [0.25, 0.3) is 5.65 Å². The Morgan fingerprint density at radius 3 is 2.70 bits per heavy atom. The molecule has 1 N–H and O–H groups in total. The molecular formula is C22H19N5O3. The molecule has 0 fully saturated rings. The normalized spacial score (nSPS) is 15.7. The van der Waals surface area contributed by atoms with Crippen LogP contribution < -0.4 is 5.32 Å². The minimum absolute atomic E-state index is 0.213. The van der Waals surface area contributed by atoms with Crippen LogP contribution in [0.2, 0.25) is 0 Å². The molecular weight excluding hydrogens is 382 g/mol. The van der Waals surface area contributed by atoms with Crippen molar-refractivity contribution in [2.75, 3.05) is 0 Å². The van der Waals surface area contributed by atoms with Crippen LogP contribution in [0.1, 0.15) is 27.5 Å². The molecule has 4 aromatic rings. The zero-order valence-electron chi connectivity index (χ0n) is 16.1. The van der Waals surface area contributed by atoms with E-state index in [9.17, 15) is 9.59 Å². The fraction of sp³-hybridized carbons (Fsp3) is 0.182. The number of amides is 2. The van der Waals surface area contributed by atoms with E-state index >= 15 is 0 Å². The summed E-state index contributed by atoms with van der Waals surface area (Å²) in [6.07, 6.45) is 3.74. The Kier molecular flexibility index (Phi) is 4.51. The highest BCUT2D eigenvalue weighted by Gasteiger charge is 2.35. The molecule has 0 radical (unpaired) electrons. The number of hydrogen-bond acceptors (Lipinski definition) is 5. The lowest BCUT2D eigenvalue weighted by Crippen LogP contribution is -2.52. The van der Waals surface area contributed by atoms with Crippen molar-refractivity contribution in [3.8, 4) is 0 Å². The van der Waals surface area contributed by atoms with E-state index < -0.39 is 6.04 Å². The highest BCUT2D eigenvalue weighted by atomic mass is 16.3. The summed E-state index contributed by atoms with van der Waals surface area (Å²) in [7, 11) is 0. The first kappa shape index (κ1) is 18.1. The average Bonchev–Trinajstić information content (AvgIpc) is 3.46. The summed E-state index contributed by atoms with van der Waals surface area (Å²) in [4.78, 5) is 27.7. The summed E-state index contributed by atoms with van der Waals surface area (Å²) in [5.74, 6) is 0.300. The van der Waals surface area contributed by atoms with E-state index in [-0.39, 0.29) is 24.1 Å². The number of carbonyl (C=O) groups is 2. The number of aromatic nitrogens is 3. The van der Waals surface area contributed by atoms with Crippen molar-refractivity contribution in [1.82, 2.24) is 24.8 Å². The second-order valence-corrected chi connectivity index (χ2v) is 7.16. The van der Waals surface area contributed by atoms with Gasteiger partial charge in [0.25, 0.3) is 5.91 Å². The Balaban J connectivity index is 1.39. The summed E-state index contributed by atoms with van der Waals surface area (Å²) >= 11 is 0. The second kappa shape index (κ2) is 7.47. The molecule has 1 unspecified atom stereocenters. The molecule has 0 aliphatic carbocycles. The maximum Gasteiger partial charge on any atom is 0.290 e. The predicted molar refractivity (Wildman–Crippen MR) is 107 cm³/mol. The molecule has 1 aromatic carbocycles. The topological polar surface area (TPSA) is 92.7 Å². The first-order chi connectivity index (χ1) is 14.7. The monoisotopic (exact) mass is 401 g/mol. The van der Waals surface area contributed by atoms with Gasteiger partial charge in [-0.3, -0.25) is 14.0 Å². The lowest BCUT2D eigenvalue weighted by atomic mass is 9.93. The summed E-state index contributed by atoms with van der Waals surface area (Å²) in [5.41, 5.74) is 2.81. The average molecular weight is 401 g/mol. The standard InChI is InChI=1S/C22H19N5O3/c28-21(23-13-20-25-24-19-9-3-4-10-26(19)20)17-12-15-6-1-2-7-16(15)14-27(17)22(29)18-8-5-11-30-18/h1-11,17H,12-14H2,(H,23,28). The molecule has 1 atom stereocenters. The molecule has 8 heteroatoms. The Bertz CT molecular complexity index is 1210. The van der Waals surface area contributed by atoms with E-state index in [2.05, 4.69) is 15.5 Å². The van der Waals surface area contributed by atoms with E-state index in [4.69, 9.17) is 4.42 Å². The van der Waals surface area contributed by atoms with Crippen molar-refractivity contribution in [2.45, 2.75) is 25.6 Å². The van der Waals surface area contributed by atoms with Gasteiger partial charge in [0, 0.05) is 19.2 Å². The number of rotatable bonds is 4. The smallest absolute Gasteiger partial charge is 0.290 e. The van der Waals surface area contributed by atoms with E-state index in [0.29, 0.717) is 24.4 Å². The fourth-order valence-corrected chi connectivity index (χ4v) is 3.81. The zero-order chi connectivity index (χ0) is 20.5. The lowest BCUT2D eigenvalue weighted by Gasteiger charge is -2.35. The Labute approximate surface area is 172 Å². The predicted octanol–water partition coefficient (Wildman–Crippen LogP) is 2.21. The van der Waals surface area contributed by atoms with E-state index in [1.54, 1.807) is 17.0 Å². The molecule has 150 valence electrons. The van der Waals surface area contributed by atoms with Gasteiger partial charge >= 0.3 is 0 Å². The lowest BCUT2D eigenvalue weighted by molar-refractivity contribution is -0.126. The summed E-state index contributed by atoms with van der Waals surface area (Å²) in [5, 5.41) is 11.2. The SMILES string of the molecule is O=C(NCc1nnc2ccccn12)C1Cc2ccccc2CN1C(=O)c1ccco1. The molecule has 8 nitrogen and oxygen atoms in total. The van der Waals surface area contributed by atoms with Crippen LogP contribution in [-0.4, -0.2) is 37.4 Å². The number of furan rings is 1. The van der Waals surface area contributed by atoms with Crippen molar-refractivity contribution in [3.05, 3.63) is 89.8 Å². The van der Waals surface area contributed by atoms with Gasteiger partial charge in [-0.05, 0) is 35.4 Å². The van der Waals surface area contributed by atoms with E-state index in [1.807, 2.05) is 53.1 Å². The third-order valence-corrected chi connectivity index (χ3v) is 5.35. The zero-order valence-corrected chi connectivity index (χ0v) is 16.1. The molecule has 0 spiro atoms. The third-order valence-electron chi connectivity index (χ3n) is 5.35. The minimum atomic E-state index is -0.642. The van der Waals surface area contributed by atoms with Gasteiger partial charge in [0.05, 0.1) is 12.8 Å². The number of nitrogens with zero attached hydrogens (tertiary/aromatic N) is 4. The quantitative estimate of drug-likeness (QED) is 0.566. The third kappa shape index (κ3) is 3.22. The van der Waals surface area contributed by atoms with Crippen molar-refractivity contribution < 1.29 is 14.0 Å². The van der Waals surface area contributed by atoms with Gasteiger partial charge in [-0.15, -0.1) is 10.2 Å². The molecule has 2 amide bonds. The molecule has 3 aromatic heterocycles. The molecule has 0 bridgehead atoms. The number of pyridine rings is 1. The summed E-state index contributed by atoms with van der Waals surface area (Å²) in [6.45, 7) is 0.562. The van der Waals surface area contributed by atoms with Crippen LogP contribution in [0.3, 0.4) is 0 Å². The Hall–Kier alpha value is -3.94. The second-order valence-electron chi connectivity index (χ2n) is 7.16. The van der Waals surface area contributed by atoms with Gasteiger partial charge in [-0.1, -0.05) is 30.3 Å². The van der Waals surface area contributed by atoms with Gasteiger partial charge in [0.15, 0.2) is 17.2 Å². The molecule has 0 saturated heterocycles. The van der Waals surface area contributed by atoms with Gasteiger partial charge in [-0.25, -0.2) is 0 Å².